The summed E-state index contributed by atoms with van der Waals surface area (Å²) in [4.78, 5) is 11.1. The van der Waals surface area contributed by atoms with Crippen LogP contribution in [0.25, 0.3) is 0 Å². The molecule has 3 nitrogen and oxygen atoms in total. The summed E-state index contributed by atoms with van der Waals surface area (Å²) >= 11 is 5.75. The van der Waals surface area contributed by atoms with Crippen molar-refractivity contribution in [2.75, 3.05) is 5.32 Å². The number of nitriles is 1. The average molecular weight is 209 g/mol. The third kappa shape index (κ3) is 2.75. The molecule has 72 valence electrons. The van der Waals surface area contributed by atoms with Crippen LogP contribution in [0.5, 0.6) is 0 Å². The van der Waals surface area contributed by atoms with Gasteiger partial charge in [0.1, 0.15) is 6.42 Å². The average Bonchev–Trinajstić information content (AvgIpc) is 2.10. The van der Waals surface area contributed by atoms with E-state index in [1.54, 1.807) is 24.3 Å². The second-order valence-electron chi connectivity index (χ2n) is 2.84. The molecule has 0 saturated heterocycles. The van der Waals surface area contributed by atoms with Gasteiger partial charge in [0.2, 0.25) is 5.91 Å². The zero-order valence-corrected chi connectivity index (χ0v) is 8.43. The highest BCUT2D eigenvalue weighted by Crippen LogP contribution is 2.19. The summed E-state index contributed by atoms with van der Waals surface area (Å²) in [7, 11) is 0. The molecular weight excluding hydrogens is 200 g/mol. The lowest BCUT2D eigenvalue weighted by atomic mass is 10.2. The van der Waals surface area contributed by atoms with Gasteiger partial charge in [-0.3, -0.25) is 4.79 Å². The zero-order valence-electron chi connectivity index (χ0n) is 7.67. The number of halogens is 1. The molecule has 0 heterocycles. The molecule has 0 saturated carbocycles. The van der Waals surface area contributed by atoms with Gasteiger partial charge in [-0.2, -0.15) is 5.26 Å². The highest BCUT2D eigenvalue weighted by Gasteiger charge is 2.03. The lowest BCUT2D eigenvalue weighted by Crippen LogP contribution is -2.10. The Bertz CT molecular complexity index is 396. The largest absolute Gasteiger partial charge is 0.325 e. The van der Waals surface area contributed by atoms with E-state index in [-0.39, 0.29) is 12.3 Å². The number of nitrogens with zero attached hydrogens (tertiary/aromatic N) is 1. The lowest BCUT2D eigenvalue weighted by molar-refractivity contribution is -0.115. The Balaban J connectivity index is 2.78. The number of nitrogens with one attached hydrogen (secondary N) is 1. The number of rotatable bonds is 2. The van der Waals surface area contributed by atoms with Crippen molar-refractivity contribution in [1.82, 2.24) is 0 Å². The van der Waals surface area contributed by atoms with E-state index >= 15 is 0 Å². The standard InChI is InChI=1S/C10H9ClN2O/c1-7-6-8(11)2-3-9(7)13-10(14)4-5-12/h2-3,6H,4H2,1H3,(H,13,14). The summed E-state index contributed by atoms with van der Waals surface area (Å²) in [5.74, 6) is -0.307. The fraction of sp³-hybridized carbons (Fsp3) is 0.200. The Hall–Kier alpha value is -1.53. The number of carbonyl (C=O) groups excluding carboxylic acids is 1. The zero-order chi connectivity index (χ0) is 10.6. The summed E-state index contributed by atoms with van der Waals surface area (Å²) in [6.07, 6.45) is -0.137. The van der Waals surface area contributed by atoms with Gasteiger partial charge in [0.25, 0.3) is 0 Å². The Morgan fingerprint density at radius 2 is 2.36 bits per heavy atom. The SMILES string of the molecule is Cc1cc(Cl)ccc1NC(=O)CC#N. The number of anilines is 1. The Labute approximate surface area is 87.3 Å². The van der Waals surface area contributed by atoms with Crippen LogP contribution in [0, 0.1) is 18.3 Å². The molecule has 1 amide bonds. The number of amides is 1. The second-order valence-corrected chi connectivity index (χ2v) is 3.28. The summed E-state index contributed by atoms with van der Waals surface area (Å²) in [5, 5.41) is 11.5. The van der Waals surface area contributed by atoms with E-state index in [0.29, 0.717) is 10.7 Å². The maximum atomic E-state index is 11.1. The van der Waals surface area contributed by atoms with E-state index < -0.39 is 0 Å². The molecule has 0 atom stereocenters. The van der Waals surface area contributed by atoms with E-state index in [2.05, 4.69) is 5.32 Å². The van der Waals surface area contributed by atoms with Crippen LogP contribution in [0.2, 0.25) is 5.02 Å². The predicted molar refractivity (Wildman–Crippen MR) is 55.0 cm³/mol. The number of aryl methyl sites for hydroxylation is 1. The van der Waals surface area contributed by atoms with Crippen LogP contribution in [0.4, 0.5) is 5.69 Å². The van der Waals surface area contributed by atoms with Crippen LogP contribution >= 0.6 is 11.6 Å². The summed E-state index contributed by atoms with van der Waals surface area (Å²) < 4.78 is 0. The Morgan fingerprint density at radius 3 is 2.93 bits per heavy atom. The van der Waals surface area contributed by atoms with Crippen LogP contribution in [0.15, 0.2) is 18.2 Å². The van der Waals surface area contributed by atoms with Gasteiger partial charge in [0, 0.05) is 10.7 Å². The second kappa shape index (κ2) is 4.64. The number of hydrogen-bond donors (Lipinski definition) is 1. The highest BCUT2D eigenvalue weighted by atomic mass is 35.5. The van der Waals surface area contributed by atoms with Crippen molar-refractivity contribution in [1.29, 1.82) is 5.26 Å². The molecule has 0 fully saturated rings. The van der Waals surface area contributed by atoms with Gasteiger partial charge < -0.3 is 5.32 Å². The van der Waals surface area contributed by atoms with E-state index in [0.717, 1.165) is 5.56 Å². The maximum absolute atomic E-state index is 11.1. The molecule has 1 N–H and O–H groups in total. The van der Waals surface area contributed by atoms with Crippen molar-refractivity contribution >= 4 is 23.2 Å². The summed E-state index contributed by atoms with van der Waals surface area (Å²) in [5.41, 5.74) is 1.57. The number of benzene rings is 1. The van der Waals surface area contributed by atoms with E-state index in [9.17, 15) is 4.79 Å². The fourth-order valence-electron chi connectivity index (χ4n) is 1.03. The summed E-state index contributed by atoms with van der Waals surface area (Å²) in [6, 6.07) is 6.94. The van der Waals surface area contributed by atoms with Gasteiger partial charge in [-0.05, 0) is 30.7 Å². The molecule has 1 rings (SSSR count). The molecule has 0 aliphatic rings. The molecule has 0 aromatic heterocycles. The molecule has 0 aliphatic heterocycles. The van der Waals surface area contributed by atoms with Gasteiger partial charge in [-0.1, -0.05) is 11.6 Å². The van der Waals surface area contributed by atoms with Crippen LogP contribution in [0.1, 0.15) is 12.0 Å². The van der Waals surface area contributed by atoms with E-state index in [4.69, 9.17) is 16.9 Å². The van der Waals surface area contributed by atoms with Crippen LogP contribution in [-0.2, 0) is 4.79 Å². The molecule has 1 aromatic rings. The van der Waals surface area contributed by atoms with E-state index in [1.807, 2.05) is 6.92 Å². The minimum absolute atomic E-state index is 0.137. The van der Waals surface area contributed by atoms with Crippen molar-refractivity contribution < 1.29 is 4.79 Å². The van der Waals surface area contributed by atoms with Gasteiger partial charge in [0.15, 0.2) is 0 Å². The van der Waals surface area contributed by atoms with Gasteiger partial charge >= 0.3 is 0 Å². The molecular formula is C10H9ClN2O. The first-order valence-corrected chi connectivity index (χ1v) is 4.44. The predicted octanol–water partition coefficient (Wildman–Crippen LogP) is 2.50. The molecule has 0 bridgehead atoms. The van der Waals surface area contributed by atoms with Gasteiger partial charge in [-0.25, -0.2) is 0 Å². The smallest absolute Gasteiger partial charge is 0.238 e. The monoisotopic (exact) mass is 208 g/mol. The Morgan fingerprint density at radius 1 is 1.64 bits per heavy atom. The van der Waals surface area contributed by atoms with Crippen LogP contribution in [0.3, 0.4) is 0 Å². The van der Waals surface area contributed by atoms with Crippen LogP contribution in [-0.4, -0.2) is 5.91 Å². The third-order valence-corrected chi connectivity index (χ3v) is 1.94. The topological polar surface area (TPSA) is 52.9 Å². The van der Waals surface area contributed by atoms with Crippen molar-refractivity contribution in [2.24, 2.45) is 0 Å². The van der Waals surface area contributed by atoms with E-state index in [1.165, 1.54) is 0 Å². The molecule has 14 heavy (non-hydrogen) atoms. The minimum Gasteiger partial charge on any atom is -0.325 e. The van der Waals surface area contributed by atoms with Crippen LogP contribution < -0.4 is 5.32 Å². The Kier molecular flexibility index (Phi) is 3.49. The quantitative estimate of drug-likeness (QED) is 0.812. The fourth-order valence-corrected chi connectivity index (χ4v) is 1.26. The molecule has 0 unspecified atom stereocenters. The van der Waals surface area contributed by atoms with Gasteiger partial charge in [0.05, 0.1) is 6.07 Å². The first kappa shape index (κ1) is 10.6. The molecule has 0 radical (unpaired) electrons. The summed E-state index contributed by atoms with van der Waals surface area (Å²) in [6.45, 7) is 1.84. The maximum Gasteiger partial charge on any atom is 0.238 e. The van der Waals surface area contributed by atoms with Gasteiger partial charge in [-0.15, -0.1) is 0 Å². The first-order valence-electron chi connectivity index (χ1n) is 4.06. The van der Waals surface area contributed by atoms with Crippen molar-refractivity contribution in [3.63, 3.8) is 0 Å². The first-order chi connectivity index (χ1) is 6.63. The van der Waals surface area contributed by atoms with Crippen molar-refractivity contribution in [2.45, 2.75) is 13.3 Å². The molecule has 4 heteroatoms. The number of carbonyl (C=O) groups is 1. The third-order valence-electron chi connectivity index (χ3n) is 1.70. The van der Waals surface area contributed by atoms with Crippen molar-refractivity contribution in [3.05, 3.63) is 28.8 Å². The minimum atomic E-state index is -0.307. The van der Waals surface area contributed by atoms with Crippen molar-refractivity contribution in [3.8, 4) is 6.07 Å². The highest BCUT2D eigenvalue weighted by molar-refractivity contribution is 6.30. The molecule has 1 aromatic carbocycles. The number of hydrogen-bond acceptors (Lipinski definition) is 2. The molecule has 0 spiro atoms. The molecule has 0 aliphatic carbocycles. The lowest BCUT2D eigenvalue weighted by Gasteiger charge is -2.06. The normalized spacial score (nSPS) is 9.21.